The molecule has 0 radical (unpaired) electrons. The number of nitrogens with two attached hydrogens (primary N) is 1. The second-order valence-corrected chi connectivity index (χ2v) is 7.78. The standard InChI is InChI=1S/C15H22N2O3S/c1-9-3-4-10(2)15(13(9)16)21(18,19)17-12-7-8-20-14(12)11-5-6-11/h3-4,11-12,14,17H,5-8,16H2,1-2H3. The first-order chi connectivity index (χ1) is 9.90. The highest BCUT2D eigenvalue weighted by molar-refractivity contribution is 7.89. The number of sulfonamides is 1. The third kappa shape index (κ3) is 2.80. The van der Waals surface area contributed by atoms with Gasteiger partial charge in [0.1, 0.15) is 4.90 Å². The molecule has 1 saturated heterocycles. The van der Waals surface area contributed by atoms with Gasteiger partial charge in [0, 0.05) is 6.61 Å². The maximum absolute atomic E-state index is 12.7. The van der Waals surface area contributed by atoms with E-state index in [1.807, 2.05) is 13.0 Å². The number of hydrogen-bond donors (Lipinski definition) is 2. The maximum Gasteiger partial charge on any atom is 0.243 e. The highest BCUT2D eigenvalue weighted by Gasteiger charge is 2.42. The summed E-state index contributed by atoms with van der Waals surface area (Å²) in [5.41, 5.74) is 7.79. The molecule has 0 bridgehead atoms. The number of benzene rings is 1. The van der Waals surface area contributed by atoms with Crippen LogP contribution in [0.2, 0.25) is 0 Å². The summed E-state index contributed by atoms with van der Waals surface area (Å²) in [6.07, 6.45) is 3.01. The van der Waals surface area contributed by atoms with Crippen molar-refractivity contribution in [3.05, 3.63) is 23.3 Å². The Morgan fingerprint density at radius 2 is 1.86 bits per heavy atom. The lowest BCUT2D eigenvalue weighted by Crippen LogP contribution is -2.41. The Morgan fingerprint density at radius 1 is 1.19 bits per heavy atom. The molecular formula is C15H22N2O3S. The van der Waals surface area contributed by atoms with Crippen molar-refractivity contribution in [2.24, 2.45) is 5.92 Å². The van der Waals surface area contributed by atoms with Crippen molar-refractivity contribution in [2.75, 3.05) is 12.3 Å². The number of nitrogen functional groups attached to an aromatic ring is 1. The minimum Gasteiger partial charge on any atom is -0.397 e. The van der Waals surface area contributed by atoms with Gasteiger partial charge in [0.25, 0.3) is 0 Å². The van der Waals surface area contributed by atoms with Crippen molar-refractivity contribution in [2.45, 2.75) is 50.2 Å². The molecule has 1 aromatic rings. The van der Waals surface area contributed by atoms with Crippen LogP contribution < -0.4 is 10.5 Å². The Balaban J connectivity index is 1.89. The van der Waals surface area contributed by atoms with E-state index in [2.05, 4.69) is 4.72 Å². The zero-order valence-corrected chi connectivity index (χ0v) is 13.2. The molecule has 2 atom stereocenters. The Morgan fingerprint density at radius 3 is 2.52 bits per heavy atom. The summed E-state index contributed by atoms with van der Waals surface area (Å²) in [6.45, 7) is 4.21. The summed E-state index contributed by atoms with van der Waals surface area (Å²) in [5, 5.41) is 0. The number of anilines is 1. The number of nitrogens with one attached hydrogen (secondary N) is 1. The van der Waals surface area contributed by atoms with Gasteiger partial charge in [-0.15, -0.1) is 0 Å². The molecule has 1 aliphatic heterocycles. The van der Waals surface area contributed by atoms with Gasteiger partial charge in [-0.25, -0.2) is 13.1 Å². The Kier molecular flexibility index (Phi) is 3.71. The number of hydrogen-bond acceptors (Lipinski definition) is 4. The molecule has 2 unspecified atom stereocenters. The van der Waals surface area contributed by atoms with Gasteiger partial charge < -0.3 is 10.5 Å². The van der Waals surface area contributed by atoms with E-state index in [4.69, 9.17) is 10.5 Å². The molecule has 21 heavy (non-hydrogen) atoms. The first-order valence-electron chi connectivity index (χ1n) is 7.40. The van der Waals surface area contributed by atoms with Gasteiger partial charge in [-0.3, -0.25) is 0 Å². The fourth-order valence-corrected chi connectivity index (χ4v) is 4.76. The van der Waals surface area contributed by atoms with Crippen LogP contribution in [0.3, 0.4) is 0 Å². The first-order valence-corrected chi connectivity index (χ1v) is 8.88. The first kappa shape index (κ1) is 14.8. The van der Waals surface area contributed by atoms with Crippen molar-refractivity contribution in [3.63, 3.8) is 0 Å². The fraction of sp³-hybridized carbons (Fsp3) is 0.600. The van der Waals surface area contributed by atoms with Gasteiger partial charge in [-0.1, -0.05) is 12.1 Å². The SMILES string of the molecule is Cc1ccc(C)c(S(=O)(=O)NC2CCOC2C2CC2)c1N. The lowest BCUT2D eigenvalue weighted by molar-refractivity contribution is 0.0848. The Labute approximate surface area is 125 Å². The predicted octanol–water partition coefficient (Wildman–Crippen LogP) is 1.73. The maximum atomic E-state index is 12.7. The molecule has 1 saturated carbocycles. The number of ether oxygens (including phenoxy) is 1. The lowest BCUT2D eigenvalue weighted by Gasteiger charge is -2.21. The van der Waals surface area contributed by atoms with E-state index >= 15 is 0 Å². The molecule has 0 amide bonds. The monoisotopic (exact) mass is 310 g/mol. The zero-order valence-electron chi connectivity index (χ0n) is 12.4. The van der Waals surface area contributed by atoms with E-state index < -0.39 is 10.0 Å². The minimum atomic E-state index is -3.62. The van der Waals surface area contributed by atoms with Gasteiger partial charge in [-0.2, -0.15) is 0 Å². The summed E-state index contributed by atoms with van der Waals surface area (Å²) in [6, 6.07) is 3.50. The van der Waals surface area contributed by atoms with Crippen LogP contribution in [0.15, 0.2) is 17.0 Å². The molecule has 5 nitrogen and oxygen atoms in total. The van der Waals surface area contributed by atoms with Crippen LogP contribution >= 0.6 is 0 Å². The zero-order chi connectivity index (χ0) is 15.2. The van der Waals surface area contributed by atoms with Crippen molar-refractivity contribution in [1.29, 1.82) is 0 Å². The number of aryl methyl sites for hydroxylation is 2. The van der Waals surface area contributed by atoms with Crippen molar-refractivity contribution >= 4 is 15.7 Å². The van der Waals surface area contributed by atoms with E-state index in [9.17, 15) is 8.42 Å². The summed E-state index contributed by atoms with van der Waals surface area (Å²) < 4.78 is 34.0. The van der Waals surface area contributed by atoms with E-state index in [0.717, 1.165) is 24.8 Å². The van der Waals surface area contributed by atoms with Gasteiger partial charge in [-0.05, 0) is 50.2 Å². The predicted molar refractivity (Wildman–Crippen MR) is 81.5 cm³/mol. The topological polar surface area (TPSA) is 81.4 Å². The third-order valence-corrected chi connectivity index (χ3v) is 6.10. The molecule has 1 aliphatic carbocycles. The molecule has 2 fully saturated rings. The normalized spacial score (nSPS) is 26.2. The quantitative estimate of drug-likeness (QED) is 0.830. The summed E-state index contributed by atoms with van der Waals surface area (Å²) in [7, 11) is -3.62. The van der Waals surface area contributed by atoms with Crippen LogP contribution in [0.1, 0.15) is 30.4 Å². The van der Waals surface area contributed by atoms with Crippen LogP contribution in [0.4, 0.5) is 5.69 Å². The molecule has 0 aromatic heterocycles. The van der Waals surface area contributed by atoms with Gasteiger partial charge in [0.05, 0.1) is 17.8 Å². The van der Waals surface area contributed by atoms with E-state index in [1.165, 1.54) is 0 Å². The average molecular weight is 310 g/mol. The molecule has 1 aromatic carbocycles. The third-order valence-electron chi connectivity index (χ3n) is 4.41. The Hall–Kier alpha value is -1.11. The molecule has 1 heterocycles. The second kappa shape index (κ2) is 5.26. The smallest absolute Gasteiger partial charge is 0.243 e. The Bertz CT molecular complexity index is 653. The molecule has 2 aliphatic rings. The van der Waals surface area contributed by atoms with Crippen LogP contribution in [-0.4, -0.2) is 27.2 Å². The van der Waals surface area contributed by atoms with Gasteiger partial charge in [0.15, 0.2) is 0 Å². The van der Waals surface area contributed by atoms with Crippen LogP contribution in [0, 0.1) is 19.8 Å². The van der Waals surface area contributed by atoms with Crippen LogP contribution in [0.25, 0.3) is 0 Å². The highest BCUT2D eigenvalue weighted by Crippen LogP contribution is 2.39. The molecule has 116 valence electrons. The second-order valence-electron chi connectivity index (χ2n) is 6.13. The lowest BCUT2D eigenvalue weighted by atomic mass is 10.1. The van der Waals surface area contributed by atoms with Gasteiger partial charge in [0.2, 0.25) is 10.0 Å². The van der Waals surface area contributed by atoms with E-state index in [0.29, 0.717) is 23.8 Å². The van der Waals surface area contributed by atoms with Crippen molar-refractivity contribution in [3.8, 4) is 0 Å². The fourth-order valence-electron chi connectivity index (χ4n) is 3.05. The average Bonchev–Trinajstić information content (AvgIpc) is 3.15. The molecule has 3 rings (SSSR count). The molecule has 0 spiro atoms. The minimum absolute atomic E-state index is 0.0196. The summed E-state index contributed by atoms with van der Waals surface area (Å²) in [5.74, 6) is 0.510. The van der Waals surface area contributed by atoms with Crippen molar-refractivity contribution in [1.82, 2.24) is 4.72 Å². The van der Waals surface area contributed by atoms with E-state index in [-0.39, 0.29) is 17.0 Å². The number of rotatable bonds is 4. The largest absolute Gasteiger partial charge is 0.397 e. The highest BCUT2D eigenvalue weighted by atomic mass is 32.2. The van der Waals surface area contributed by atoms with Crippen LogP contribution in [-0.2, 0) is 14.8 Å². The molecule has 6 heteroatoms. The van der Waals surface area contributed by atoms with Crippen LogP contribution in [0.5, 0.6) is 0 Å². The molecular weight excluding hydrogens is 288 g/mol. The van der Waals surface area contributed by atoms with Gasteiger partial charge >= 0.3 is 0 Å². The molecule has 3 N–H and O–H groups in total. The van der Waals surface area contributed by atoms with E-state index in [1.54, 1.807) is 13.0 Å². The van der Waals surface area contributed by atoms with Crippen molar-refractivity contribution < 1.29 is 13.2 Å². The summed E-state index contributed by atoms with van der Waals surface area (Å²) in [4.78, 5) is 0.212. The summed E-state index contributed by atoms with van der Waals surface area (Å²) >= 11 is 0.